The van der Waals surface area contributed by atoms with Crippen molar-refractivity contribution in [3.8, 4) is 0 Å². The predicted octanol–water partition coefficient (Wildman–Crippen LogP) is 4.30. The molecule has 1 fully saturated rings. The van der Waals surface area contributed by atoms with E-state index in [1.54, 1.807) is 23.7 Å². The fraction of sp³-hybridized carbons (Fsp3) is 0.300. The maximum atomic E-state index is 12.8. The number of anilines is 2. The van der Waals surface area contributed by atoms with Crippen LogP contribution in [-0.2, 0) is 14.4 Å². The SMILES string of the molecule is CC(C)(C)[Si](OCC1CN(c2ccc(S(=O)(=O)Nc3nccs3)cc2)CCN1)(c1ccccc1)c1ccccc1. The van der Waals surface area contributed by atoms with Gasteiger partial charge in [0.05, 0.1) is 11.5 Å². The Kier molecular flexibility index (Phi) is 8.44. The smallest absolute Gasteiger partial charge is 0.263 e. The molecular formula is C30H36N4O3S2Si. The molecule has 210 valence electrons. The Hall–Kier alpha value is -3.02. The average molecular weight is 593 g/mol. The van der Waals surface area contributed by atoms with Crippen molar-refractivity contribution in [2.75, 3.05) is 35.9 Å². The van der Waals surface area contributed by atoms with Crippen LogP contribution in [0.2, 0.25) is 5.04 Å². The van der Waals surface area contributed by atoms with Crippen LogP contribution in [0, 0.1) is 0 Å². The van der Waals surface area contributed by atoms with Gasteiger partial charge in [-0.15, -0.1) is 11.3 Å². The second-order valence-electron chi connectivity index (χ2n) is 11.0. The molecular weight excluding hydrogens is 557 g/mol. The van der Waals surface area contributed by atoms with E-state index in [1.807, 2.05) is 12.1 Å². The van der Waals surface area contributed by atoms with Crippen LogP contribution in [0.5, 0.6) is 0 Å². The Morgan fingerprint density at radius 1 is 1.00 bits per heavy atom. The van der Waals surface area contributed by atoms with Gasteiger partial charge in [0, 0.05) is 42.9 Å². The third-order valence-electron chi connectivity index (χ3n) is 7.34. The van der Waals surface area contributed by atoms with Gasteiger partial charge in [0.2, 0.25) is 0 Å². The molecule has 40 heavy (non-hydrogen) atoms. The van der Waals surface area contributed by atoms with Gasteiger partial charge in [0.15, 0.2) is 5.13 Å². The summed E-state index contributed by atoms with van der Waals surface area (Å²) in [6, 6.07) is 28.6. The van der Waals surface area contributed by atoms with Crippen LogP contribution in [0.15, 0.2) is 101 Å². The number of nitrogens with zero attached hydrogens (tertiary/aromatic N) is 2. The Balaban J connectivity index is 1.33. The number of benzene rings is 3. The largest absolute Gasteiger partial charge is 0.406 e. The van der Waals surface area contributed by atoms with Crippen molar-refractivity contribution in [1.29, 1.82) is 0 Å². The highest BCUT2D eigenvalue weighted by Gasteiger charge is 2.50. The first-order valence-electron chi connectivity index (χ1n) is 13.4. The van der Waals surface area contributed by atoms with Gasteiger partial charge in [-0.3, -0.25) is 4.72 Å². The van der Waals surface area contributed by atoms with E-state index in [4.69, 9.17) is 4.43 Å². The molecule has 0 aliphatic carbocycles. The van der Waals surface area contributed by atoms with Gasteiger partial charge in [-0.05, 0) is 39.7 Å². The Morgan fingerprint density at radius 3 is 2.17 bits per heavy atom. The van der Waals surface area contributed by atoms with Gasteiger partial charge < -0.3 is 14.6 Å². The van der Waals surface area contributed by atoms with E-state index in [1.165, 1.54) is 21.7 Å². The van der Waals surface area contributed by atoms with Gasteiger partial charge in [0.25, 0.3) is 18.3 Å². The summed E-state index contributed by atoms with van der Waals surface area (Å²) < 4.78 is 35.2. The first-order chi connectivity index (χ1) is 19.2. The quantitative estimate of drug-likeness (QED) is 0.282. The number of piperazine rings is 1. The van der Waals surface area contributed by atoms with Crippen LogP contribution in [0.1, 0.15) is 20.8 Å². The highest BCUT2D eigenvalue weighted by Crippen LogP contribution is 2.37. The van der Waals surface area contributed by atoms with Crippen molar-refractivity contribution >= 4 is 50.9 Å². The van der Waals surface area contributed by atoms with E-state index in [0.29, 0.717) is 11.7 Å². The van der Waals surface area contributed by atoms with E-state index < -0.39 is 18.3 Å². The van der Waals surface area contributed by atoms with Gasteiger partial charge in [-0.1, -0.05) is 81.4 Å². The minimum Gasteiger partial charge on any atom is -0.406 e. The fourth-order valence-corrected chi connectivity index (χ4v) is 11.8. The lowest BCUT2D eigenvalue weighted by Gasteiger charge is -2.44. The van der Waals surface area contributed by atoms with Crippen LogP contribution in [-0.4, -0.2) is 54.0 Å². The molecule has 0 spiro atoms. The Bertz CT molecular complexity index is 1440. The highest BCUT2D eigenvalue weighted by atomic mass is 32.2. The zero-order chi connectivity index (χ0) is 28.2. The zero-order valence-corrected chi connectivity index (χ0v) is 25.7. The van der Waals surface area contributed by atoms with Crippen LogP contribution in [0.3, 0.4) is 0 Å². The lowest BCUT2D eigenvalue weighted by atomic mass is 10.2. The van der Waals surface area contributed by atoms with E-state index >= 15 is 0 Å². The second kappa shape index (κ2) is 11.8. The second-order valence-corrected chi connectivity index (χ2v) is 17.9. The number of thiazole rings is 1. The Labute approximate surface area is 242 Å². The molecule has 3 aromatic carbocycles. The Morgan fingerprint density at radius 2 is 1.62 bits per heavy atom. The molecule has 0 amide bonds. The summed E-state index contributed by atoms with van der Waals surface area (Å²) in [5, 5.41) is 8.19. The molecule has 1 unspecified atom stereocenters. The zero-order valence-electron chi connectivity index (χ0n) is 23.1. The summed E-state index contributed by atoms with van der Waals surface area (Å²) >= 11 is 1.25. The van der Waals surface area contributed by atoms with Crippen LogP contribution in [0.4, 0.5) is 10.8 Å². The van der Waals surface area contributed by atoms with Crippen LogP contribution >= 0.6 is 11.3 Å². The summed E-state index contributed by atoms with van der Waals surface area (Å²) in [4.78, 5) is 6.53. The lowest BCUT2D eigenvalue weighted by Crippen LogP contribution is -2.68. The molecule has 1 aromatic heterocycles. The van der Waals surface area contributed by atoms with Crippen molar-refractivity contribution in [3.05, 3.63) is 96.5 Å². The fourth-order valence-electron chi connectivity index (χ4n) is 5.44. The maximum Gasteiger partial charge on any atom is 0.263 e. The van der Waals surface area contributed by atoms with Gasteiger partial charge in [-0.2, -0.15) is 0 Å². The van der Waals surface area contributed by atoms with E-state index in [0.717, 1.165) is 25.3 Å². The number of aromatic nitrogens is 1. The monoisotopic (exact) mass is 592 g/mol. The highest BCUT2D eigenvalue weighted by molar-refractivity contribution is 7.93. The summed E-state index contributed by atoms with van der Waals surface area (Å²) in [6.07, 6.45) is 1.57. The minimum absolute atomic E-state index is 0.0853. The topological polar surface area (TPSA) is 83.6 Å². The summed E-state index contributed by atoms with van der Waals surface area (Å²) in [5.74, 6) is 0. The van der Waals surface area contributed by atoms with Crippen LogP contribution < -0.4 is 25.3 Å². The van der Waals surface area contributed by atoms with E-state index in [9.17, 15) is 8.42 Å². The minimum atomic E-state index is -3.68. The number of hydrogen-bond donors (Lipinski definition) is 2. The molecule has 0 bridgehead atoms. The van der Waals surface area contributed by atoms with Gasteiger partial charge >= 0.3 is 0 Å². The normalized spacial score (nSPS) is 16.6. The molecule has 4 aromatic rings. The van der Waals surface area contributed by atoms with Crippen molar-refractivity contribution in [2.45, 2.75) is 36.7 Å². The third-order valence-corrected chi connectivity index (χ3v) is 14.5. The van der Waals surface area contributed by atoms with Crippen molar-refractivity contribution in [1.82, 2.24) is 10.3 Å². The molecule has 7 nitrogen and oxygen atoms in total. The van der Waals surface area contributed by atoms with E-state index in [-0.39, 0.29) is 16.0 Å². The number of rotatable bonds is 9. The number of sulfonamides is 1. The first kappa shape index (κ1) is 28.5. The molecule has 5 rings (SSSR count). The van der Waals surface area contributed by atoms with Crippen molar-refractivity contribution < 1.29 is 12.8 Å². The molecule has 2 heterocycles. The molecule has 1 aliphatic heterocycles. The summed E-state index contributed by atoms with van der Waals surface area (Å²) in [6.45, 7) is 9.87. The molecule has 2 N–H and O–H groups in total. The van der Waals surface area contributed by atoms with Crippen molar-refractivity contribution in [2.24, 2.45) is 0 Å². The average Bonchev–Trinajstić information content (AvgIpc) is 3.46. The number of nitrogens with one attached hydrogen (secondary N) is 2. The molecule has 10 heteroatoms. The van der Waals surface area contributed by atoms with Crippen LogP contribution in [0.25, 0.3) is 0 Å². The van der Waals surface area contributed by atoms with E-state index in [2.05, 4.69) is 101 Å². The molecule has 0 radical (unpaired) electrons. The molecule has 1 aliphatic rings. The standard InChI is InChI=1S/C30H36N4O3S2Si/c1-30(2,3)40(27-10-6-4-7-11-27,28-12-8-5-9-13-28)37-23-24-22-34(20-18-31-24)25-14-16-26(17-15-25)39(35,36)33-29-32-19-21-38-29/h4-17,19,21,24,31H,18,20,22-23H2,1-3H3,(H,32,33). The lowest BCUT2D eigenvalue weighted by molar-refractivity contribution is 0.242. The van der Waals surface area contributed by atoms with Gasteiger partial charge in [0.1, 0.15) is 0 Å². The molecule has 1 saturated heterocycles. The molecule has 0 saturated carbocycles. The first-order valence-corrected chi connectivity index (χ1v) is 17.7. The maximum absolute atomic E-state index is 12.8. The number of hydrogen-bond acceptors (Lipinski definition) is 7. The summed E-state index contributed by atoms with van der Waals surface area (Å²) in [5.41, 5.74) is 0.991. The third kappa shape index (κ3) is 6.01. The predicted molar refractivity (Wildman–Crippen MR) is 167 cm³/mol. The van der Waals surface area contributed by atoms with Crippen molar-refractivity contribution in [3.63, 3.8) is 0 Å². The molecule has 1 atom stereocenters. The van der Waals surface area contributed by atoms with Gasteiger partial charge in [-0.25, -0.2) is 13.4 Å². The summed E-state index contributed by atoms with van der Waals surface area (Å²) in [7, 11) is -6.31.